The molecule has 1 aliphatic rings. The fraction of sp³-hybridized carbons (Fsp3) is 0.474. The second-order valence-electron chi connectivity index (χ2n) is 6.69. The summed E-state index contributed by atoms with van der Waals surface area (Å²) in [5.74, 6) is 0. The maximum absolute atomic E-state index is 10.3. The lowest BCUT2D eigenvalue weighted by molar-refractivity contribution is -0.403. The quantitative estimate of drug-likeness (QED) is 0.368. The summed E-state index contributed by atoms with van der Waals surface area (Å²) in [6.07, 6.45) is 14.6. The van der Waals surface area contributed by atoms with Gasteiger partial charge in [0.1, 0.15) is 0 Å². The topological polar surface area (TPSA) is 43.1 Å². The highest BCUT2D eigenvalue weighted by molar-refractivity contribution is 5.37. The second-order valence-corrected chi connectivity index (χ2v) is 6.69. The predicted octanol–water partition coefficient (Wildman–Crippen LogP) is 5.75. The number of hydrogen-bond acceptors (Lipinski definition) is 2. The van der Waals surface area contributed by atoms with Crippen LogP contribution in [0.3, 0.4) is 0 Å². The number of rotatable bonds is 5. The zero-order valence-electron chi connectivity index (χ0n) is 14.3. The highest BCUT2D eigenvalue weighted by atomic mass is 16.6. The number of nitrogens with zero attached hydrogens (tertiary/aromatic N) is 1. The van der Waals surface area contributed by atoms with Crippen LogP contribution >= 0.6 is 0 Å². The van der Waals surface area contributed by atoms with E-state index >= 15 is 0 Å². The standard InChI is InChI=1S/C19H27NO2/c1-15(8-6-9-16(2)14-20(21)22)11-12-18-17(3)10-7-13-19(18,4)5/h6,8-9,11-12,14H,7,10,13H2,1-5H3/b9-6+,12-11+,15-8+,16-14+. The lowest BCUT2D eigenvalue weighted by Crippen LogP contribution is -2.19. The van der Waals surface area contributed by atoms with Crippen LogP contribution in [0.1, 0.15) is 53.9 Å². The van der Waals surface area contributed by atoms with E-state index in [4.69, 9.17) is 0 Å². The molecule has 3 nitrogen and oxygen atoms in total. The van der Waals surface area contributed by atoms with Gasteiger partial charge in [0.2, 0.25) is 6.20 Å². The van der Waals surface area contributed by atoms with E-state index in [9.17, 15) is 10.1 Å². The van der Waals surface area contributed by atoms with Crippen molar-refractivity contribution < 1.29 is 4.92 Å². The van der Waals surface area contributed by atoms with Crippen molar-refractivity contribution in [2.24, 2.45) is 5.41 Å². The molecule has 0 saturated carbocycles. The van der Waals surface area contributed by atoms with Gasteiger partial charge >= 0.3 is 0 Å². The molecule has 0 saturated heterocycles. The predicted molar refractivity (Wildman–Crippen MR) is 93.1 cm³/mol. The Hall–Kier alpha value is -1.90. The summed E-state index contributed by atoms with van der Waals surface area (Å²) in [4.78, 5) is 9.91. The Morgan fingerprint density at radius 3 is 2.50 bits per heavy atom. The normalized spacial score (nSPS) is 20.2. The lowest BCUT2D eigenvalue weighted by atomic mass is 9.72. The van der Waals surface area contributed by atoms with E-state index in [0.29, 0.717) is 5.57 Å². The van der Waals surface area contributed by atoms with Gasteiger partial charge in [-0.05, 0) is 51.0 Å². The molecule has 3 heteroatoms. The van der Waals surface area contributed by atoms with Gasteiger partial charge in [-0.3, -0.25) is 10.1 Å². The molecule has 0 atom stereocenters. The van der Waals surface area contributed by atoms with Gasteiger partial charge in [-0.25, -0.2) is 0 Å². The fourth-order valence-electron chi connectivity index (χ4n) is 2.84. The lowest BCUT2D eigenvalue weighted by Gasteiger charge is -2.32. The van der Waals surface area contributed by atoms with Crippen LogP contribution in [-0.2, 0) is 0 Å². The van der Waals surface area contributed by atoms with Crippen LogP contribution in [0.15, 0.2) is 58.9 Å². The average molecular weight is 301 g/mol. The first-order chi connectivity index (χ1) is 10.2. The van der Waals surface area contributed by atoms with Gasteiger partial charge in [-0.1, -0.05) is 55.4 Å². The van der Waals surface area contributed by atoms with Gasteiger partial charge in [0.15, 0.2) is 0 Å². The highest BCUT2D eigenvalue weighted by Gasteiger charge is 2.26. The third-order valence-electron chi connectivity index (χ3n) is 4.08. The maximum atomic E-state index is 10.3. The molecule has 0 radical (unpaired) electrons. The van der Waals surface area contributed by atoms with Crippen LogP contribution in [-0.4, -0.2) is 4.92 Å². The molecule has 0 bridgehead atoms. The van der Waals surface area contributed by atoms with E-state index in [1.165, 1.54) is 30.4 Å². The van der Waals surface area contributed by atoms with Crippen LogP contribution in [0.5, 0.6) is 0 Å². The van der Waals surface area contributed by atoms with E-state index in [2.05, 4.69) is 32.9 Å². The molecule has 0 aromatic rings. The smallest absolute Gasteiger partial charge is 0.237 e. The first-order valence-electron chi connectivity index (χ1n) is 7.77. The first-order valence-corrected chi connectivity index (χ1v) is 7.77. The summed E-state index contributed by atoms with van der Waals surface area (Å²) in [6, 6.07) is 0. The van der Waals surface area contributed by atoms with E-state index in [1.807, 2.05) is 19.1 Å². The minimum Gasteiger partial charge on any atom is -0.259 e. The molecule has 1 aliphatic carbocycles. The molecule has 0 fully saturated rings. The third kappa shape index (κ3) is 5.84. The van der Waals surface area contributed by atoms with Crippen molar-refractivity contribution in [3.8, 4) is 0 Å². The van der Waals surface area contributed by atoms with Crippen LogP contribution in [0, 0.1) is 15.5 Å². The van der Waals surface area contributed by atoms with Crippen molar-refractivity contribution in [1.29, 1.82) is 0 Å². The largest absolute Gasteiger partial charge is 0.259 e. The molecule has 120 valence electrons. The molecule has 0 aromatic carbocycles. The molecular formula is C19H27NO2. The van der Waals surface area contributed by atoms with Crippen LogP contribution in [0.4, 0.5) is 0 Å². The van der Waals surface area contributed by atoms with Gasteiger partial charge in [-0.2, -0.15) is 0 Å². The summed E-state index contributed by atoms with van der Waals surface area (Å²) >= 11 is 0. The molecule has 0 heterocycles. The molecule has 0 N–H and O–H groups in total. The summed E-state index contributed by atoms with van der Waals surface area (Å²) in [7, 11) is 0. The first kappa shape index (κ1) is 18.1. The molecule has 0 aliphatic heterocycles. The Kier molecular flexibility index (Phi) is 6.54. The Morgan fingerprint density at radius 1 is 1.23 bits per heavy atom. The molecular weight excluding hydrogens is 274 g/mol. The fourth-order valence-corrected chi connectivity index (χ4v) is 2.84. The molecule has 0 unspecified atom stereocenters. The monoisotopic (exact) mass is 301 g/mol. The third-order valence-corrected chi connectivity index (χ3v) is 4.08. The molecule has 1 rings (SSSR count). The molecule has 0 aromatic heterocycles. The number of nitro groups is 1. The van der Waals surface area contributed by atoms with Gasteiger partial charge in [0.25, 0.3) is 0 Å². The Balaban J connectivity index is 2.79. The van der Waals surface area contributed by atoms with Crippen molar-refractivity contribution >= 4 is 0 Å². The summed E-state index contributed by atoms with van der Waals surface area (Å²) in [5, 5.41) is 10.3. The highest BCUT2D eigenvalue weighted by Crippen LogP contribution is 2.40. The van der Waals surface area contributed by atoms with Crippen molar-refractivity contribution in [3.63, 3.8) is 0 Å². The minimum atomic E-state index is -0.434. The summed E-state index contributed by atoms with van der Waals surface area (Å²) < 4.78 is 0. The Bertz CT molecular complexity index is 572. The Morgan fingerprint density at radius 2 is 1.91 bits per heavy atom. The zero-order chi connectivity index (χ0) is 16.8. The Labute approximate surface area is 134 Å². The van der Waals surface area contributed by atoms with Crippen LogP contribution in [0.2, 0.25) is 0 Å². The van der Waals surface area contributed by atoms with E-state index < -0.39 is 4.92 Å². The van der Waals surface area contributed by atoms with Crippen molar-refractivity contribution in [3.05, 3.63) is 69.0 Å². The van der Waals surface area contributed by atoms with Gasteiger partial charge in [0, 0.05) is 5.57 Å². The van der Waals surface area contributed by atoms with Crippen molar-refractivity contribution in [1.82, 2.24) is 0 Å². The van der Waals surface area contributed by atoms with Crippen LogP contribution < -0.4 is 0 Å². The maximum Gasteiger partial charge on any atom is 0.237 e. The van der Waals surface area contributed by atoms with Crippen LogP contribution in [0.25, 0.3) is 0 Å². The molecule has 22 heavy (non-hydrogen) atoms. The molecule has 0 spiro atoms. The summed E-state index contributed by atoms with van der Waals surface area (Å²) in [5.41, 5.74) is 4.94. The van der Waals surface area contributed by atoms with E-state index in [-0.39, 0.29) is 5.41 Å². The van der Waals surface area contributed by atoms with Gasteiger partial charge in [-0.15, -0.1) is 0 Å². The second kappa shape index (κ2) is 7.92. The van der Waals surface area contributed by atoms with Crippen molar-refractivity contribution in [2.45, 2.75) is 53.9 Å². The molecule has 0 amide bonds. The van der Waals surface area contributed by atoms with Gasteiger partial charge < -0.3 is 0 Å². The van der Waals surface area contributed by atoms with Crippen molar-refractivity contribution in [2.75, 3.05) is 0 Å². The minimum absolute atomic E-state index is 0.250. The number of allylic oxidation sites excluding steroid dienone is 9. The van der Waals surface area contributed by atoms with E-state index in [0.717, 1.165) is 11.8 Å². The number of hydrogen-bond donors (Lipinski definition) is 0. The average Bonchev–Trinajstić information content (AvgIpc) is 2.36. The van der Waals surface area contributed by atoms with E-state index in [1.54, 1.807) is 13.0 Å². The SMILES string of the molecule is CC1=C(/C=C/C(C)=C/C=C/C(C)=C/[N+](=O)[O-])C(C)(C)CCC1. The summed E-state index contributed by atoms with van der Waals surface area (Å²) in [6.45, 7) is 10.6. The van der Waals surface area contributed by atoms with Gasteiger partial charge in [0.05, 0.1) is 4.92 Å². The zero-order valence-corrected chi connectivity index (χ0v) is 14.3.